The molecule has 3 aromatic carbocycles. The van der Waals surface area contributed by atoms with E-state index in [1.807, 2.05) is 6.92 Å². The molecule has 4 rings (SSSR count). The lowest BCUT2D eigenvalue weighted by Crippen LogP contribution is -2.35. The first-order valence-electron chi connectivity index (χ1n) is 10.7. The van der Waals surface area contributed by atoms with Crippen LogP contribution < -0.4 is 10.1 Å². The molecule has 0 saturated heterocycles. The summed E-state index contributed by atoms with van der Waals surface area (Å²) in [5.41, 5.74) is 2.27. The Hall–Kier alpha value is -4.72. The molecule has 0 radical (unpaired) electrons. The molecule has 8 heteroatoms. The fourth-order valence-corrected chi connectivity index (χ4v) is 3.47. The number of fused-ring (bicyclic) bond motifs is 1. The van der Waals surface area contributed by atoms with Gasteiger partial charge in [-0.05, 0) is 55.0 Å². The van der Waals surface area contributed by atoms with Crippen molar-refractivity contribution in [2.24, 2.45) is 0 Å². The highest BCUT2D eigenvalue weighted by Crippen LogP contribution is 2.22. The van der Waals surface area contributed by atoms with Crippen LogP contribution in [0.2, 0.25) is 0 Å². The SMILES string of the molecule is COc1ccc(C=C(NC(=O)c2ccc(C)cc2)C(=O)OCN2C(=O)c3ccccc3C2=O)cc1. The minimum Gasteiger partial charge on any atom is -0.497 e. The Kier molecular flexibility index (Phi) is 6.73. The fourth-order valence-electron chi connectivity index (χ4n) is 3.47. The third kappa shape index (κ3) is 5.11. The molecular weight excluding hydrogens is 448 g/mol. The second-order valence-electron chi connectivity index (χ2n) is 7.80. The smallest absolute Gasteiger partial charge is 0.356 e. The van der Waals surface area contributed by atoms with Crippen molar-refractivity contribution in [1.29, 1.82) is 0 Å². The van der Waals surface area contributed by atoms with E-state index in [-0.39, 0.29) is 16.8 Å². The standard InChI is InChI=1S/C27H22N2O6/c1-17-7-11-19(12-8-17)24(30)28-23(15-18-9-13-20(34-2)14-10-18)27(33)35-16-29-25(31)21-5-3-4-6-22(21)26(29)32/h3-15H,16H2,1-2H3,(H,28,30). The molecule has 0 saturated carbocycles. The summed E-state index contributed by atoms with van der Waals surface area (Å²) in [5, 5.41) is 2.57. The minimum absolute atomic E-state index is 0.155. The van der Waals surface area contributed by atoms with E-state index < -0.39 is 30.4 Å². The molecular formula is C27H22N2O6. The zero-order valence-corrected chi connectivity index (χ0v) is 19.1. The number of benzene rings is 3. The van der Waals surface area contributed by atoms with E-state index in [1.54, 1.807) is 60.7 Å². The monoisotopic (exact) mass is 470 g/mol. The van der Waals surface area contributed by atoms with Crippen LogP contribution in [-0.2, 0) is 9.53 Å². The van der Waals surface area contributed by atoms with Crippen LogP contribution in [0.3, 0.4) is 0 Å². The lowest BCUT2D eigenvalue weighted by molar-refractivity contribution is -0.141. The summed E-state index contributed by atoms with van der Waals surface area (Å²) in [6.07, 6.45) is 1.44. The van der Waals surface area contributed by atoms with Gasteiger partial charge in [0.1, 0.15) is 11.4 Å². The highest BCUT2D eigenvalue weighted by Gasteiger charge is 2.36. The predicted octanol–water partition coefficient (Wildman–Crippen LogP) is 3.57. The zero-order valence-electron chi connectivity index (χ0n) is 19.1. The number of hydrogen-bond donors (Lipinski definition) is 1. The van der Waals surface area contributed by atoms with Gasteiger partial charge in [0.25, 0.3) is 17.7 Å². The van der Waals surface area contributed by atoms with Crippen LogP contribution in [0.1, 0.15) is 42.2 Å². The maximum atomic E-state index is 13.0. The molecule has 1 aliphatic rings. The molecule has 0 fully saturated rings. The van der Waals surface area contributed by atoms with E-state index in [1.165, 1.54) is 25.3 Å². The number of esters is 1. The summed E-state index contributed by atoms with van der Waals surface area (Å²) < 4.78 is 10.4. The predicted molar refractivity (Wildman–Crippen MR) is 128 cm³/mol. The number of ether oxygens (including phenoxy) is 2. The van der Waals surface area contributed by atoms with Gasteiger partial charge in [0, 0.05) is 5.56 Å². The van der Waals surface area contributed by atoms with E-state index in [0.717, 1.165) is 10.5 Å². The van der Waals surface area contributed by atoms with E-state index in [2.05, 4.69) is 5.32 Å². The molecule has 8 nitrogen and oxygen atoms in total. The fraction of sp³-hybridized carbons (Fsp3) is 0.111. The third-order valence-corrected chi connectivity index (χ3v) is 5.41. The molecule has 1 aliphatic heterocycles. The first-order chi connectivity index (χ1) is 16.9. The first-order valence-corrected chi connectivity index (χ1v) is 10.7. The molecule has 0 spiro atoms. The normalized spacial score (nSPS) is 12.9. The summed E-state index contributed by atoms with van der Waals surface area (Å²) >= 11 is 0. The van der Waals surface area contributed by atoms with E-state index in [4.69, 9.17) is 9.47 Å². The van der Waals surface area contributed by atoms with Crippen molar-refractivity contribution in [2.75, 3.05) is 13.8 Å². The first kappa shape index (κ1) is 23.4. The van der Waals surface area contributed by atoms with Crippen LogP contribution in [0.25, 0.3) is 6.08 Å². The summed E-state index contributed by atoms with van der Waals surface area (Å²) in [7, 11) is 1.54. The number of hydrogen-bond acceptors (Lipinski definition) is 6. The van der Waals surface area contributed by atoms with Gasteiger partial charge in [-0.3, -0.25) is 14.4 Å². The number of imide groups is 1. The molecule has 176 valence electrons. The Morgan fingerprint density at radius 1 is 0.886 bits per heavy atom. The average molecular weight is 470 g/mol. The van der Waals surface area contributed by atoms with Crippen molar-refractivity contribution in [3.63, 3.8) is 0 Å². The van der Waals surface area contributed by atoms with Gasteiger partial charge in [0.05, 0.1) is 18.2 Å². The summed E-state index contributed by atoms with van der Waals surface area (Å²) in [6.45, 7) is 1.30. The molecule has 0 unspecified atom stereocenters. The molecule has 3 amide bonds. The second kappa shape index (κ2) is 10.0. The van der Waals surface area contributed by atoms with Crippen molar-refractivity contribution in [3.8, 4) is 5.75 Å². The van der Waals surface area contributed by atoms with Crippen LogP contribution >= 0.6 is 0 Å². The number of rotatable bonds is 7. The third-order valence-electron chi connectivity index (χ3n) is 5.41. The molecule has 0 aromatic heterocycles. The largest absolute Gasteiger partial charge is 0.497 e. The summed E-state index contributed by atoms with van der Waals surface area (Å²) in [5.74, 6) is -1.90. The van der Waals surface area contributed by atoms with Gasteiger partial charge in [-0.1, -0.05) is 42.0 Å². The molecule has 1 heterocycles. The molecule has 3 aromatic rings. The van der Waals surface area contributed by atoms with E-state index in [0.29, 0.717) is 16.9 Å². The summed E-state index contributed by atoms with van der Waals surface area (Å²) in [4.78, 5) is 51.7. The van der Waals surface area contributed by atoms with Gasteiger partial charge < -0.3 is 14.8 Å². The van der Waals surface area contributed by atoms with Crippen molar-refractivity contribution in [2.45, 2.75) is 6.92 Å². The lowest BCUT2D eigenvalue weighted by Gasteiger charge is -2.15. The van der Waals surface area contributed by atoms with Crippen LogP contribution in [0.4, 0.5) is 0 Å². The van der Waals surface area contributed by atoms with Gasteiger partial charge in [-0.2, -0.15) is 0 Å². The zero-order chi connectivity index (χ0) is 24.9. The minimum atomic E-state index is -0.905. The average Bonchev–Trinajstić information content (AvgIpc) is 3.12. The maximum absolute atomic E-state index is 13.0. The van der Waals surface area contributed by atoms with E-state index >= 15 is 0 Å². The van der Waals surface area contributed by atoms with Crippen LogP contribution in [0.15, 0.2) is 78.5 Å². The van der Waals surface area contributed by atoms with E-state index in [9.17, 15) is 19.2 Å². The Morgan fingerprint density at radius 2 is 1.49 bits per heavy atom. The Morgan fingerprint density at radius 3 is 2.06 bits per heavy atom. The lowest BCUT2D eigenvalue weighted by atomic mass is 10.1. The Labute approximate surface area is 201 Å². The van der Waals surface area contributed by atoms with Gasteiger partial charge in [0.15, 0.2) is 6.73 Å². The van der Waals surface area contributed by atoms with Gasteiger partial charge >= 0.3 is 5.97 Å². The second-order valence-corrected chi connectivity index (χ2v) is 7.80. The molecule has 0 atom stereocenters. The summed E-state index contributed by atoms with van der Waals surface area (Å²) in [6, 6.07) is 20.0. The Balaban J connectivity index is 1.54. The number of methoxy groups -OCH3 is 1. The topological polar surface area (TPSA) is 102 Å². The van der Waals surface area contributed by atoms with Crippen LogP contribution in [-0.4, -0.2) is 42.4 Å². The molecule has 0 bridgehead atoms. The van der Waals surface area contributed by atoms with Gasteiger partial charge in [-0.25, -0.2) is 9.69 Å². The highest BCUT2D eigenvalue weighted by molar-refractivity contribution is 6.21. The van der Waals surface area contributed by atoms with Crippen molar-refractivity contribution < 1.29 is 28.7 Å². The van der Waals surface area contributed by atoms with Crippen molar-refractivity contribution >= 4 is 29.8 Å². The number of carbonyl (C=O) groups excluding carboxylic acids is 4. The van der Waals surface area contributed by atoms with Gasteiger partial charge in [-0.15, -0.1) is 0 Å². The number of amides is 3. The Bertz CT molecular complexity index is 1290. The molecule has 1 N–H and O–H groups in total. The number of carbonyl (C=O) groups is 4. The number of aryl methyl sites for hydroxylation is 1. The number of nitrogens with one attached hydrogen (secondary N) is 1. The highest BCUT2D eigenvalue weighted by atomic mass is 16.5. The molecule has 35 heavy (non-hydrogen) atoms. The van der Waals surface area contributed by atoms with Crippen LogP contribution in [0.5, 0.6) is 5.75 Å². The molecule has 0 aliphatic carbocycles. The van der Waals surface area contributed by atoms with Gasteiger partial charge in [0.2, 0.25) is 0 Å². The van der Waals surface area contributed by atoms with Crippen molar-refractivity contribution in [1.82, 2.24) is 10.2 Å². The quantitative estimate of drug-likeness (QED) is 0.322. The number of nitrogens with zero attached hydrogens (tertiary/aromatic N) is 1. The maximum Gasteiger partial charge on any atom is 0.356 e. The van der Waals surface area contributed by atoms with Crippen LogP contribution in [0, 0.1) is 6.92 Å². The van der Waals surface area contributed by atoms with Crippen molar-refractivity contribution in [3.05, 3.63) is 106 Å².